The van der Waals surface area contributed by atoms with Gasteiger partial charge in [-0.2, -0.15) is 5.10 Å². The van der Waals surface area contributed by atoms with Crippen LogP contribution in [-0.2, 0) is 0 Å². The number of anilines is 1. The quantitative estimate of drug-likeness (QED) is 0.912. The molecule has 1 N–H and O–H groups in total. The van der Waals surface area contributed by atoms with Crippen LogP contribution in [0.5, 0.6) is 0 Å². The van der Waals surface area contributed by atoms with Crippen molar-refractivity contribution in [2.75, 3.05) is 31.5 Å². The first kappa shape index (κ1) is 12.4. The van der Waals surface area contributed by atoms with Crippen LogP contribution in [0.2, 0.25) is 0 Å². The first-order valence-electron chi connectivity index (χ1n) is 7.18. The molecule has 19 heavy (non-hydrogen) atoms. The van der Waals surface area contributed by atoms with E-state index in [4.69, 9.17) is 0 Å². The maximum atomic E-state index is 4.39. The molecule has 102 valence electrons. The molecule has 5 nitrogen and oxygen atoms in total. The van der Waals surface area contributed by atoms with E-state index >= 15 is 0 Å². The Morgan fingerprint density at radius 2 is 1.95 bits per heavy atom. The Hall–Kier alpha value is -1.62. The zero-order valence-electron chi connectivity index (χ0n) is 11.3. The van der Waals surface area contributed by atoms with Gasteiger partial charge in [-0.3, -0.25) is 0 Å². The molecule has 0 saturated carbocycles. The van der Waals surface area contributed by atoms with Crippen LogP contribution in [-0.4, -0.2) is 45.7 Å². The van der Waals surface area contributed by atoms with Crippen molar-refractivity contribution in [3.63, 3.8) is 0 Å². The summed E-state index contributed by atoms with van der Waals surface area (Å²) in [5.74, 6) is 0.926. The highest BCUT2D eigenvalue weighted by atomic mass is 15.2. The highest BCUT2D eigenvalue weighted by molar-refractivity contribution is 5.66. The number of nitrogens with one attached hydrogen (secondary N) is 1. The molecule has 0 amide bonds. The van der Waals surface area contributed by atoms with Gasteiger partial charge < -0.3 is 10.2 Å². The fraction of sp³-hybridized carbons (Fsp3) is 0.571. The van der Waals surface area contributed by atoms with Gasteiger partial charge in [0, 0.05) is 25.5 Å². The van der Waals surface area contributed by atoms with Crippen molar-refractivity contribution in [3.05, 3.63) is 24.7 Å². The lowest BCUT2D eigenvalue weighted by Crippen LogP contribution is -2.30. The van der Waals surface area contributed by atoms with E-state index in [9.17, 15) is 0 Å². The van der Waals surface area contributed by atoms with Gasteiger partial charge in [-0.1, -0.05) is 12.8 Å². The Balaban J connectivity index is 1.55. The molecule has 1 aliphatic heterocycles. The Bertz CT molecular complexity index is 513. The summed E-state index contributed by atoms with van der Waals surface area (Å²) in [6, 6.07) is 1.99. The van der Waals surface area contributed by atoms with Gasteiger partial charge in [0.1, 0.15) is 5.52 Å². The van der Waals surface area contributed by atoms with Crippen LogP contribution in [0.3, 0.4) is 0 Å². The zero-order chi connectivity index (χ0) is 12.9. The molecule has 3 heterocycles. The van der Waals surface area contributed by atoms with E-state index in [1.807, 2.05) is 16.8 Å². The second kappa shape index (κ2) is 6.02. The zero-order valence-corrected chi connectivity index (χ0v) is 11.3. The summed E-state index contributed by atoms with van der Waals surface area (Å²) in [5.41, 5.74) is 1.04. The lowest BCUT2D eigenvalue weighted by Gasteiger charge is -2.19. The summed E-state index contributed by atoms with van der Waals surface area (Å²) in [7, 11) is 0. The SMILES string of the molecule is c1cn2nccc2c(NCCN2CCCCCC2)n1. The maximum absolute atomic E-state index is 4.39. The molecule has 0 aliphatic carbocycles. The predicted octanol–water partition coefficient (Wildman–Crippen LogP) is 2.02. The van der Waals surface area contributed by atoms with Gasteiger partial charge >= 0.3 is 0 Å². The molecule has 0 aromatic carbocycles. The summed E-state index contributed by atoms with van der Waals surface area (Å²) in [6.45, 7) is 4.52. The van der Waals surface area contributed by atoms with E-state index in [2.05, 4.69) is 20.3 Å². The number of rotatable bonds is 4. The molecule has 3 rings (SSSR count). The van der Waals surface area contributed by atoms with Crippen molar-refractivity contribution in [1.29, 1.82) is 0 Å². The van der Waals surface area contributed by atoms with E-state index in [-0.39, 0.29) is 0 Å². The Morgan fingerprint density at radius 1 is 1.11 bits per heavy atom. The summed E-state index contributed by atoms with van der Waals surface area (Å²) >= 11 is 0. The minimum atomic E-state index is 0.926. The lowest BCUT2D eigenvalue weighted by molar-refractivity contribution is 0.296. The first-order valence-corrected chi connectivity index (χ1v) is 7.18. The van der Waals surface area contributed by atoms with Gasteiger partial charge in [0.2, 0.25) is 0 Å². The van der Waals surface area contributed by atoms with Crippen molar-refractivity contribution in [2.24, 2.45) is 0 Å². The molecule has 0 spiro atoms. The number of hydrogen-bond donors (Lipinski definition) is 1. The highest BCUT2D eigenvalue weighted by Crippen LogP contribution is 2.12. The third kappa shape index (κ3) is 3.04. The fourth-order valence-corrected chi connectivity index (χ4v) is 2.69. The van der Waals surface area contributed by atoms with Crippen LogP contribution in [0.1, 0.15) is 25.7 Å². The molecule has 0 atom stereocenters. The second-order valence-corrected chi connectivity index (χ2v) is 5.12. The monoisotopic (exact) mass is 259 g/mol. The average molecular weight is 259 g/mol. The molecular weight excluding hydrogens is 238 g/mol. The Kier molecular flexibility index (Phi) is 3.93. The normalized spacial score (nSPS) is 17.5. The van der Waals surface area contributed by atoms with Crippen molar-refractivity contribution >= 4 is 11.3 Å². The van der Waals surface area contributed by atoms with Crippen molar-refractivity contribution in [1.82, 2.24) is 19.5 Å². The Labute approximate surface area is 113 Å². The largest absolute Gasteiger partial charge is 0.367 e. The third-order valence-electron chi connectivity index (χ3n) is 3.74. The molecule has 2 aromatic heterocycles. The molecule has 1 aliphatic rings. The smallest absolute Gasteiger partial charge is 0.152 e. The van der Waals surface area contributed by atoms with Crippen LogP contribution in [0.15, 0.2) is 24.7 Å². The summed E-state index contributed by atoms with van der Waals surface area (Å²) in [6.07, 6.45) is 10.9. The van der Waals surface area contributed by atoms with Crippen molar-refractivity contribution in [2.45, 2.75) is 25.7 Å². The number of aromatic nitrogens is 3. The highest BCUT2D eigenvalue weighted by Gasteiger charge is 2.08. The second-order valence-electron chi connectivity index (χ2n) is 5.12. The first-order chi connectivity index (χ1) is 9.43. The van der Waals surface area contributed by atoms with E-state index in [0.717, 1.165) is 24.4 Å². The van der Waals surface area contributed by atoms with Gasteiger partial charge in [0.05, 0.1) is 6.20 Å². The number of fused-ring (bicyclic) bond motifs is 1. The number of hydrogen-bond acceptors (Lipinski definition) is 4. The minimum Gasteiger partial charge on any atom is -0.367 e. The predicted molar refractivity (Wildman–Crippen MR) is 76.4 cm³/mol. The van der Waals surface area contributed by atoms with E-state index in [1.54, 1.807) is 12.4 Å². The van der Waals surface area contributed by atoms with Crippen molar-refractivity contribution in [3.8, 4) is 0 Å². The summed E-state index contributed by atoms with van der Waals surface area (Å²) < 4.78 is 1.85. The van der Waals surface area contributed by atoms with Gasteiger partial charge in [0.25, 0.3) is 0 Å². The van der Waals surface area contributed by atoms with Crippen LogP contribution < -0.4 is 5.32 Å². The molecule has 0 unspecified atom stereocenters. The number of likely N-dealkylation sites (tertiary alicyclic amines) is 1. The molecule has 1 saturated heterocycles. The molecular formula is C14H21N5. The topological polar surface area (TPSA) is 45.5 Å². The molecule has 2 aromatic rings. The standard InChI is InChI=1S/C14H21N5/c1-2-4-10-18(9-3-1)11-7-15-14-13-5-6-17-19(13)12-8-16-14/h5-6,8,12H,1-4,7,9-11H2,(H,15,16). The summed E-state index contributed by atoms with van der Waals surface area (Å²) in [4.78, 5) is 6.94. The van der Waals surface area contributed by atoms with E-state index in [0.29, 0.717) is 0 Å². The van der Waals surface area contributed by atoms with Gasteiger partial charge in [-0.15, -0.1) is 0 Å². The minimum absolute atomic E-state index is 0.926. The Morgan fingerprint density at radius 3 is 2.79 bits per heavy atom. The van der Waals surface area contributed by atoms with Crippen LogP contribution >= 0.6 is 0 Å². The molecule has 5 heteroatoms. The van der Waals surface area contributed by atoms with E-state index < -0.39 is 0 Å². The molecule has 1 fully saturated rings. The average Bonchev–Trinajstić information content (AvgIpc) is 2.77. The van der Waals surface area contributed by atoms with Crippen molar-refractivity contribution < 1.29 is 0 Å². The molecule has 0 radical (unpaired) electrons. The van der Waals surface area contributed by atoms with Gasteiger partial charge in [-0.05, 0) is 32.0 Å². The van der Waals surface area contributed by atoms with E-state index in [1.165, 1.54) is 38.8 Å². The van der Waals surface area contributed by atoms with Crippen LogP contribution in [0.4, 0.5) is 5.82 Å². The van der Waals surface area contributed by atoms with Gasteiger partial charge in [-0.25, -0.2) is 9.50 Å². The van der Waals surface area contributed by atoms with Gasteiger partial charge in [0.15, 0.2) is 5.82 Å². The number of nitrogens with zero attached hydrogens (tertiary/aromatic N) is 4. The third-order valence-corrected chi connectivity index (χ3v) is 3.74. The fourth-order valence-electron chi connectivity index (χ4n) is 2.69. The molecule has 0 bridgehead atoms. The lowest BCUT2D eigenvalue weighted by atomic mass is 10.2. The van der Waals surface area contributed by atoms with Crippen LogP contribution in [0.25, 0.3) is 5.52 Å². The summed E-state index contributed by atoms with van der Waals surface area (Å²) in [5, 5.41) is 7.64. The maximum Gasteiger partial charge on any atom is 0.152 e. The van der Waals surface area contributed by atoms with Crippen LogP contribution in [0, 0.1) is 0 Å².